The molecular formula is C10H21N3. The van der Waals surface area contributed by atoms with E-state index in [4.69, 9.17) is 5.73 Å². The Bertz CT molecular complexity index is 146. The molecule has 76 valence electrons. The summed E-state index contributed by atoms with van der Waals surface area (Å²) in [4.78, 5) is 5.03. The molecule has 0 bridgehead atoms. The second-order valence-electron chi connectivity index (χ2n) is 4.27. The first-order valence-corrected chi connectivity index (χ1v) is 5.56. The van der Waals surface area contributed by atoms with Gasteiger partial charge in [-0.05, 0) is 38.8 Å². The standard InChI is InChI=1S/C10H21N3/c11-9-12-7-3-10(4-8-12)13-5-1-2-6-13/h10H,1-9,11H2. The molecule has 0 aliphatic carbocycles. The molecule has 0 saturated carbocycles. The average Bonchev–Trinajstić information content (AvgIpc) is 2.71. The Balaban J connectivity index is 1.77. The molecule has 0 aromatic carbocycles. The molecule has 0 radical (unpaired) electrons. The largest absolute Gasteiger partial charge is 0.318 e. The van der Waals surface area contributed by atoms with Gasteiger partial charge in [-0.1, -0.05) is 0 Å². The van der Waals surface area contributed by atoms with Gasteiger partial charge in [-0.15, -0.1) is 0 Å². The van der Waals surface area contributed by atoms with Crippen molar-refractivity contribution in [2.24, 2.45) is 5.73 Å². The summed E-state index contributed by atoms with van der Waals surface area (Å²) in [5, 5.41) is 0. The van der Waals surface area contributed by atoms with Crippen molar-refractivity contribution < 1.29 is 0 Å². The molecular weight excluding hydrogens is 162 g/mol. The van der Waals surface area contributed by atoms with Crippen LogP contribution in [0.1, 0.15) is 25.7 Å². The molecule has 2 aliphatic rings. The first-order chi connectivity index (χ1) is 6.40. The van der Waals surface area contributed by atoms with Crippen LogP contribution in [0.4, 0.5) is 0 Å². The molecule has 13 heavy (non-hydrogen) atoms. The van der Waals surface area contributed by atoms with Crippen molar-refractivity contribution in [2.75, 3.05) is 32.8 Å². The van der Waals surface area contributed by atoms with Crippen LogP contribution >= 0.6 is 0 Å². The maximum absolute atomic E-state index is 5.61. The smallest absolute Gasteiger partial charge is 0.0455 e. The Morgan fingerprint density at radius 2 is 1.62 bits per heavy atom. The lowest BCUT2D eigenvalue weighted by Crippen LogP contribution is -2.45. The van der Waals surface area contributed by atoms with E-state index in [-0.39, 0.29) is 0 Å². The van der Waals surface area contributed by atoms with Gasteiger partial charge in [-0.25, -0.2) is 0 Å². The predicted octanol–water partition coefficient (Wildman–Crippen LogP) is 0.463. The summed E-state index contributed by atoms with van der Waals surface area (Å²) in [6, 6.07) is 0.866. The minimum atomic E-state index is 0.743. The summed E-state index contributed by atoms with van der Waals surface area (Å²) in [6.45, 7) is 5.84. The van der Waals surface area contributed by atoms with Gasteiger partial charge < -0.3 is 10.6 Å². The molecule has 0 spiro atoms. The van der Waals surface area contributed by atoms with Gasteiger partial charge in [0.1, 0.15) is 0 Å². The SMILES string of the molecule is NCN1CCC(N2CCCC2)CC1. The van der Waals surface area contributed by atoms with E-state index in [1.54, 1.807) is 0 Å². The van der Waals surface area contributed by atoms with Gasteiger partial charge in [0.2, 0.25) is 0 Å². The van der Waals surface area contributed by atoms with E-state index < -0.39 is 0 Å². The van der Waals surface area contributed by atoms with E-state index in [1.807, 2.05) is 0 Å². The number of hydrogen-bond donors (Lipinski definition) is 1. The highest BCUT2D eigenvalue weighted by atomic mass is 15.2. The third-order valence-corrected chi connectivity index (χ3v) is 3.47. The lowest BCUT2D eigenvalue weighted by Gasteiger charge is -2.35. The molecule has 0 amide bonds. The van der Waals surface area contributed by atoms with Gasteiger partial charge in [-0.3, -0.25) is 4.90 Å². The highest BCUT2D eigenvalue weighted by molar-refractivity contribution is 4.81. The van der Waals surface area contributed by atoms with Crippen LogP contribution < -0.4 is 5.73 Å². The summed E-state index contributed by atoms with van der Waals surface area (Å²) >= 11 is 0. The maximum Gasteiger partial charge on any atom is 0.0455 e. The van der Waals surface area contributed by atoms with Crippen molar-refractivity contribution in [2.45, 2.75) is 31.7 Å². The molecule has 2 rings (SSSR count). The van der Waals surface area contributed by atoms with Crippen molar-refractivity contribution in [1.82, 2.24) is 9.80 Å². The van der Waals surface area contributed by atoms with Crippen molar-refractivity contribution >= 4 is 0 Å². The van der Waals surface area contributed by atoms with E-state index >= 15 is 0 Å². The van der Waals surface area contributed by atoms with Crippen molar-refractivity contribution in [3.63, 3.8) is 0 Å². The first-order valence-electron chi connectivity index (χ1n) is 5.56. The van der Waals surface area contributed by atoms with Gasteiger partial charge in [0.25, 0.3) is 0 Å². The maximum atomic E-state index is 5.61. The van der Waals surface area contributed by atoms with Crippen LogP contribution in [0.25, 0.3) is 0 Å². The second-order valence-corrected chi connectivity index (χ2v) is 4.27. The minimum Gasteiger partial charge on any atom is -0.318 e. The van der Waals surface area contributed by atoms with Crippen molar-refractivity contribution in [1.29, 1.82) is 0 Å². The van der Waals surface area contributed by atoms with Crippen molar-refractivity contribution in [3.8, 4) is 0 Å². The van der Waals surface area contributed by atoms with Crippen molar-refractivity contribution in [3.05, 3.63) is 0 Å². The van der Waals surface area contributed by atoms with Crippen LogP contribution in [0.3, 0.4) is 0 Å². The number of hydrogen-bond acceptors (Lipinski definition) is 3. The first kappa shape index (κ1) is 9.44. The van der Waals surface area contributed by atoms with Crippen LogP contribution in [0.5, 0.6) is 0 Å². The van der Waals surface area contributed by atoms with Crippen LogP contribution in [-0.4, -0.2) is 48.7 Å². The average molecular weight is 183 g/mol. The fraction of sp³-hybridized carbons (Fsp3) is 1.00. The van der Waals surface area contributed by atoms with Crippen LogP contribution in [0.2, 0.25) is 0 Å². The summed E-state index contributed by atoms with van der Waals surface area (Å²) in [5.41, 5.74) is 5.61. The Labute approximate surface area is 80.9 Å². The molecule has 0 unspecified atom stereocenters. The molecule has 2 fully saturated rings. The van der Waals surface area contributed by atoms with E-state index in [1.165, 1.54) is 51.9 Å². The van der Waals surface area contributed by atoms with E-state index in [9.17, 15) is 0 Å². The summed E-state index contributed by atoms with van der Waals surface area (Å²) in [6.07, 6.45) is 5.49. The summed E-state index contributed by atoms with van der Waals surface area (Å²) < 4.78 is 0. The third kappa shape index (κ3) is 2.22. The zero-order valence-electron chi connectivity index (χ0n) is 8.41. The lowest BCUT2D eigenvalue weighted by molar-refractivity contribution is 0.129. The van der Waals surface area contributed by atoms with Gasteiger partial charge >= 0.3 is 0 Å². The van der Waals surface area contributed by atoms with Gasteiger partial charge in [-0.2, -0.15) is 0 Å². The molecule has 2 heterocycles. The lowest BCUT2D eigenvalue weighted by atomic mass is 10.0. The normalized spacial score (nSPS) is 28.4. The van der Waals surface area contributed by atoms with Crippen LogP contribution in [-0.2, 0) is 0 Å². The minimum absolute atomic E-state index is 0.743. The number of nitrogens with zero attached hydrogens (tertiary/aromatic N) is 2. The summed E-state index contributed by atoms with van der Waals surface area (Å²) in [7, 11) is 0. The van der Waals surface area contributed by atoms with E-state index in [0.717, 1.165) is 12.7 Å². The second kappa shape index (κ2) is 4.40. The van der Waals surface area contributed by atoms with Gasteiger partial charge in [0, 0.05) is 25.8 Å². The number of nitrogens with two attached hydrogens (primary N) is 1. The van der Waals surface area contributed by atoms with E-state index in [2.05, 4.69) is 9.80 Å². The van der Waals surface area contributed by atoms with Gasteiger partial charge in [0.05, 0.1) is 0 Å². The number of rotatable bonds is 2. The van der Waals surface area contributed by atoms with E-state index in [0.29, 0.717) is 0 Å². The molecule has 3 heteroatoms. The molecule has 2 N–H and O–H groups in total. The Morgan fingerprint density at radius 1 is 1.00 bits per heavy atom. The molecule has 2 aliphatic heterocycles. The highest BCUT2D eigenvalue weighted by Crippen LogP contribution is 2.20. The Kier molecular flexibility index (Phi) is 3.19. The zero-order chi connectivity index (χ0) is 9.10. The number of likely N-dealkylation sites (tertiary alicyclic amines) is 2. The number of piperidine rings is 1. The fourth-order valence-electron chi connectivity index (χ4n) is 2.57. The Morgan fingerprint density at radius 3 is 2.15 bits per heavy atom. The molecule has 0 aromatic rings. The monoisotopic (exact) mass is 183 g/mol. The quantitative estimate of drug-likeness (QED) is 0.675. The molecule has 2 saturated heterocycles. The fourth-order valence-corrected chi connectivity index (χ4v) is 2.57. The predicted molar refractivity (Wildman–Crippen MR) is 54.5 cm³/mol. The molecule has 0 aromatic heterocycles. The topological polar surface area (TPSA) is 32.5 Å². The van der Waals surface area contributed by atoms with Crippen LogP contribution in [0, 0.1) is 0 Å². The van der Waals surface area contributed by atoms with Crippen LogP contribution in [0.15, 0.2) is 0 Å². The molecule has 3 nitrogen and oxygen atoms in total. The molecule has 0 atom stereocenters. The van der Waals surface area contributed by atoms with Gasteiger partial charge in [0.15, 0.2) is 0 Å². The summed E-state index contributed by atoms with van der Waals surface area (Å²) in [5.74, 6) is 0. The zero-order valence-corrected chi connectivity index (χ0v) is 8.41. The Hall–Kier alpha value is -0.120. The third-order valence-electron chi connectivity index (χ3n) is 3.47. The highest BCUT2D eigenvalue weighted by Gasteiger charge is 2.25.